The highest BCUT2D eigenvalue weighted by molar-refractivity contribution is 5.46. The molecule has 2 atom stereocenters. The predicted molar refractivity (Wildman–Crippen MR) is 68.0 cm³/mol. The first kappa shape index (κ1) is 12.4. The fourth-order valence-corrected chi connectivity index (χ4v) is 1.91. The van der Waals surface area contributed by atoms with Gasteiger partial charge >= 0.3 is 0 Å². The quantitative estimate of drug-likeness (QED) is 0.861. The second-order valence-electron chi connectivity index (χ2n) is 4.45. The number of hydrogen-bond donors (Lipinski definition) is 1. The predicted octanol–water partition coefficient (Wildman–Crippen LogP) is 1.52. The SMILES string of the molecule is CN(C)c1ccc(C2COC(CCN)O2)cc1. The molecule has 0 spiro atoms. The Kier molecular flexibility index (Phi) is 3.99. The van der Waals surface area contributed by atoms with Crippen LogP contribution in [0.5, 0.6) is 0 Å². The van der Waals surface area contributed by atoms with E-state index >= 15 is 0 Å². The van der Waals surface area contributed by atoms with Crippen molar-refractivity contribution < 1.29 is 9.47 Å². The largest absolute Gasteiger partial charge is 0.378 e. The maximum Gasteiger partial charge on any atom is 0.159 e. The van der Waals surface area contributed by atoms with Crippen LogP contribution in [0.3, 0.4) is 0 Å². The normalized spacial score (nSPS) is 23.9. The van der Waals surface area contributed by atoms with Gasteiger partial charge in [-0.1, -0.05) is 12.1 Å². The van der Waals surface area contributed by atoms with Crippen LogP contribution in [0, 0.1) is 0 Å². The minimum atomic E-state index is -0.140. The van der Waals surface area contributed by atoms with Gasteiger partial charge in [0.1, 0.15) is 6.10 Å². The molecule has 1 aromatic carbocycles. The van der Waals surface area contributed by atoms with Crippen LogP contribution >= 0.6 is 0 Å². The Morgan fingerprint density at radius 3 is 2.59 bits per heavy atom. The molecule has 0 aromatic heterocycles. The highest BCUT2D eigenvalue weighted by atomic mass is 16.7. The highest BCUT2D eigenvalue weighted by Gasteiger charge is 2.26. The Balaban J connectivity index is 1.99. The van der Waals surface area contributed by atoms with Crippen molar-refractivity contribution in [2.24, 2.45) is 5.73 Å². The van der Waals surface area contributed by atoms with E-state index in [2.05, 4.69) is 29.2 Å². The first-order valence-corrected chi connectivity index (χ1v) is 5.95. The summed E-state index contributed by atoms with van der Waals surface area (Å²) >= 11 is 0. The third-order valence-electron chi connectivity index (χ3n) is 2.93. The van der Waals surface area contributed by atoms with Crippen molar-refractivity contribution in [3.05, 3.63) is 29.8 Å². The topological polar surface area (TPSA) is 47.7 Å². The molecule has 1 aliphatic rings. The molecule has 0 aliphatic carbocycles. The van der Waals surface area contributed by atoms with Gasteiger partial charge in [0.05, 0.1) is 6.61 Å². The van der Waals surface area contributed by atoms with E-state index in [1.807, 2.05) is 14.1 Å². The monoisotopic (exact) mass is 236 g/mol. The van der Waals surface area contributed by atoms with E-state index in [1.54, 1.807) is 0 Å². The van der Waals surface area contributed by atoms with Crippen LogP contribution in [0.4, 0.5) is 5.69 Å². The summed E-state index contributed by atoms with van der Waals surface area (Å²) in [6.45, 7) is 1.21. The van der Waals surface area contributed by atoms with Gasteiger partial charge in [0.25, 0.3) is 0 Å². The lowest BCUT2D eigenvalue weighted by Gasteiger charge is -2.15. The van der Waals surface area contributed by atoms with E-state index in [4.69, 9.17) is 15.2 Å². The Morgan fingerprint density at radius 1 is 1.29 bits per heavy atom. The van der Waals surface area contributed by atoms with Gasteiger partial charge in [0.2, 0.25) is 0 Å². The summed E-state index contributed by atoms with van der Waals surface area (Å²) in [4.78, 5) is 2.08. The number of hydrogen-bond acceptors (Lipinski definition) is 4. The van der Waals surface area contributed by atoms with E-state index in [0.29, 0.717) is 13.2 Å². The van der Waals surface area contributed by atoms with Crippen LogP contribution in [0.1, 0.15) is 18.1 Å². The molecular weight excluding hydrogens is 216 g/mol. The molecule has 4 heteroatoms. The van der Waals surface area contributed by atoms with Crippen molar-refractivity contribution in [1.29, 1.82) is 0 Å². The highest BCUT2D eigenvalue weighted by Crippen LogP contribution is 2.28. The van der Waals surface area contributed by atoms with E-state index in [-0.39, 0.29) is 12.4 Å². The zero-order valence-corrected chi connectivity index (χ0v) is 10.4. The summed E-state index contributed by atoms with van der Waals surface area (Å²) in [5, 5.41) is 0. The van der Waals surface area contributed by atoms with Gasteiger partial charge in [-0.2, -0.15) is 0 Å². The van der Waals surface area contributed by atoms with Crippen LogP contribution in [-0.4, -0.2) is 33.5 Å². The fraction of sp³-hybridized carbons (Fsp3) is 0.538. The molecular formula is C13H20N2O2. The average Bonchev–Trinajstić information content (AvgIpc) is 2.78. The molecule has 1 aromatic rings. The van der Waals surface area contributed by atoms with Crippen LogP contribution in [0.15, 0.2) is 24.3 Å². The van der Waals surface area contributed by atoms with Crippen molar-refractivity contribution >= 4 is 5.69 Å². The lowest BCUT2D eigenvalue weighted by atomic mass is 10.1. The Morgan fingerprint density at radius 2 is 2.00 bits per heavy atom. The number of ether oxygens (including phenoxy) is 2. The summed E-state index contributed by atoms with van der Waals surface area (Å²) in [7, 11) is 4.06. The van der Waals surface area contributed by atoms with Crippen molar-refractivity contribution in [3.8, 4) is 0 Å². The molecule has 0 saturated carbocycles. The summed E-state index contributed by atoms with van der Waals surface area (Å²) < 4.78 is 11.3. The molecule has 2 N–H and O–H groups in total. The summed E-state index contributed by atoms with van der Waals surface area (Å²) in [5.74, 6) is 0. The van der Waals surface area contributed by atoms with Crippen molar-refractivity contribution in [2.45, 2.75) is 18.8 Å². The summed E-state index contributed by atoms with van der Waals surface area (Å²) in [6, 6.07) is 8.37. The van der Waals surface area contributed by atoms with Gasteiger partial charge in [0.15, 0.2) is 6.29 Å². The Bertz CT molecular complexity index is 351. The second kappa shape index (κ2) is 5.49. The minimum absolute atomic E-state index is 0.0442. The maximum absolute atomic E-state index is 5.77. The number of rotatable bonds is 4. The molecule has 94 valence electrons. The molecule has 1 fully saturated rings. The average molecular weight is 236 g/mol. The Labute approximate surface area is 102 Å². The standard InChI is InChI=1S/C13H20N2O2/c1-15(2)11-5-3-10(4-6-11)12-9-16-13(17-12)7-8-14/h3-6,12-13H,7-9,14H2,1-2H3. The third-order valence-corrected chi connectivity index (χ3v) is 2.93. The van der Waals surface area contributed by atoms with Gasteiger partial charge in [0, 0.05) is 26.2 Å². The summed E-state index contributed by atoms with van der Waals surface area (Å²) in [5.41, 5.74) is 7.83. The zero-order valence-electron chi connectivity index (χ0n) is 10.4. The van der Waals surface area contributed by atoms with Crippen LogP contribution in [0.2, 0.25) is 0 Å². The van der Waals surface area contributed by atoms with Gasteiger partial charge in [-0.3, -0.25) is 0 Å². The number of nitrogens with two attached hydrogens (primary N) is 1. The van der Waals surface area contributed by atoms with Gasteiger partial charge in [-0.05, 0) is 24.2 Å². The van der Waals surface area contributed by atoms with E-state index < -0.39 is 0 Å². The van der Waals surface area contributed by atoms with E-state index in [9.17, 15) is 0 Å². The van der Waals surface area contributed by atoms with Crippen LogP contribution in [0.25, 0.3) is 0 Å². The van der Waals surface area contributed by atoms with Gasteiger partial charge < -0.3 is 20.1 Å². The van der Waals surface area contributed by atoms with Crippen LogP contribution in [-0.2, 0) is 9.47 Å². The Hall–Kier alpha value is -1.10. The zero-order chi connectivity index (χ0) is 12.3. The van der Waals surface area contributed by atoms with E-state index in [0.717, 1.165) is 12.0 Å². The summed E-state index contributed by atoms with van der Waals surface area (Å²) in [6.07, 6.45) is 0.660. The van der Waals surface area contributed by atoms with Crippen molar-refractivity contribution in [2.75, 3.05) is 32.1 Å². The number of anilines is 1. The molecule has 0 bridgehead atoms. The van der Waals surface area contributed by atoms with E-state index in [1.165, 1.54) is 5.69 Å². The molecule has 1 saturated heterocycles. The van der Waals surface area contributed by atoms with Crippen LogP contribution < -0.4 is 10.6 Å². The molecule has 17 heavy (non-hydrogen) atoms. The molecule has 0 radical (unpaired) electrons. The fourth-order valence-electron chi connectivity index (χ4n) is 1.91. The van der Waals surface area contributed by atoms with Gasteiger partial charge in [-0.15, -0.1) is 0 Å². The lowest BCUT2D eigenvalue weighted by Crippen LogP contribution is -2.14. The molecule has 4 nitrogen and oxygen atoms in total. The van der Waals surface area contributed by atoms with Crippen molar-refractivity contribution in [3.63, 3.8) is 0 Å². The molecule has 0 amide bonds. The first-order valence-electron chi connectivity index (χ1n) is 5.95. The molecule has 1 heterocycles. The van der Waals surface area contributed by atoms with Gasteiger partial charge in [-0.25, -0.2) is 0 Å². The molecule has 1 aliphatic heterocycles. The molecule has 2 unspecified atom stereocenters. The number of benzene rings is 1. The lowest BCUT2D eigenvalue weighted by molar-refractivity contribution is -0.0606. The number of nitrogens with zero attached hydrogens (tertiary/aromatic N) is 1. The molecule has 2 rings (SSSR count). The maximum atomic E-state index is 5.77. The minimum Gasteiger partial charge on any atom is -0.378 e. The second-order valence-corrected chi connectivity index (χ2v) is 4.45. The third kappa shape index (κ3) is 2.97. The van der Waals surface area contributed by atoms with Crippen molar-refractivity contribution in [1.82, 2.24) is 0 Å². The first-order chi connectivity index (χ1) is 8.20. The smallest absolute Gasteiger partial charge is 0.159 e.